The van der Waals surface area contributed by atoms with Gasteiger partial charge >= 0.3 is 0 Å². The van der Waals surface area contributed by atoms with Crippen LogP contribution in [-0.2, 0) is 0 Å². The summed E-state index contributed by atoms with van der Waals surface area (Å²) in [5, 5.41) is 3.40. The van der Waals surface area contributed by atoms with Crippen LogP contribution in [0.25, 0.3) is 0 Å². The molecular weight excluding hydrogens is 270 g/mol. The molecule has 20 heavy (non-hydrogen) atoms. The van der Waals surface area contributed by atoms with Gasteiger partial charge in [-0.3, -0.25) is 0 Å². The van der Waals surface area contributed by atoms with E-state index in [1.165, 1.54) is 36.8 Å². The van der Waals surface area contributed by atoms with E-state index in [9.17, 15) is 0 Å². The lowest BCUT2D eigenvalue weighted by molar-refractivity contribution is 0.284. The zero-order valence-electron chi connectivity index (χ0n) is 12.7. The first-order valence-corrected chi connectivity index (χ1v) is 7.60. The van der Waals surface area contributed by atoms with E-state index < -0.39 is 0 Å². The van der Waals surface area contributed by atoms with Crippen LogP contribution in [0.4, 0.5) is 0 Å². The summed E-state index contributed by atoms with van der Waals surface area (Å²) in [6.07, 6.45) is 5.54. The number of rotatable bonds is 3. The van der Waals surface area contributed by atoms with Crippen LogP contribution in [0.3, 0.4) is 0 Å². The standard InChI is InChI=1S/C17H25NO.ClH/c1-11-8-9-15(19-3)17-14(10-18-2)12-6-4-5-7-13(12)16(11)17;/h8-9,12-14,18H,4-7,10H2,1-3H3;1H. The molecule has 1 N–H and O–H groups in total. The Bertz CT molecular complexity index is 474. The molecule has 0 spiro atoms. The number of hydrogen-bond acceptors (Lipinski definition) is 2. The highest BCUT2D eigenvalue weighted by Gasteiger charge is 2.43. The van der Waals surface area contributed by atoms with Crippen molar-refractivity contribution in [2.24, 2.45) is 5.92 Å². The maximum absolute atomic E-state index is 5.67. The van der Waals surface area contributed by atoms with Gasteiger partial charge in [-0.25, -0.2) is 0 Å². The molecule has 2 aliphatic rings. The van der Waals surface area contributed by atoms with Crippen LogP contribution in [0, 0.1) is 12.8 Å². The Morgan fingerprint density at radius 1 is 1.20 bits per heavy atom. The summed E-state index contributed by atoms with van der Waals surface area (Å²) in [5.41, 5.74) is 4.59. The molecule has 0 amide bonds. The second-order valence-electron chi connectivity index (χ2n) is 6.13. The average Bonchev–Trinajstić information content (AvgIpc) is 2.76. The maximum atomic E-state index is 5.67. The molecule has 0 saturated heterocycles. The van der Waals surface area contributed by atoms with Gasteiger partial charge in [0.05, 0.1) is 7.11 Å². The third-order valence-corrected chi connectivity index (χ3v) is 5.19. The second kappa shape index (κ2) is 6.36. The summed E-state index contributed by atoms with van der Waals surface area (Å²) in [5.74, 6) is 3.35. The smallest absolute Gasteiger partial charge is 0.122 e. The van der Waals surface area contributed by atoms with E-state index in [4.69, 9.17) is 4.74 Å². The predicted octanol–water partition coefficient (Wildman–Crippen LogP) is 4.02. The van der Waals surface area contributed by atoms with E-state index in [1.807, 2.05) is 7.11 Å². The first kappa shape index (κ1) is 15.7. The first-order valence-electron chi connectivity index (χ1n) is 7.60. The molecule has 0 heterocycles. The summed E-state index contributed by atoms with van der Waals surface area (Å²) >= 11 is 0. The van der Waals surface area contributed by atoms with Gasteiger partial charge in [-0.1, -0.05) is 18.9 Å². The SMILES string of the molecule is CNCC1c2c(OC)ccc(C)c2C2CCCCC21.Cl. The molecular formula is C17H26ClNO. The van der Waals surface area contributed by atoms with Crippen LogP contribution >= 0.6 is 12.4 Å². The van der Waals surface area contributed by atoms with Crippen LogP contribution in [0.2, 0.25) is 0 Å². The zero-order chi connectivity index (χ0) is 13.4. The van der Waals surface area contributed by atoms with Crippen LogP contribution in [0.1, 0.15) is 54.2 Å². The quantitative estimate of drug-likeness (QED) is 0.909. The van der Waals surface area contributed by atoms with Crippen molar-refractivity contribution in [3.05, 3.63) is 28.8 Å². The third-order valence-electron chi connectivity index (χ3n) is 5.19. The Labute approximate surface area is 128 Å². The fourth-order valence-corrected chi connectivity index (χ4v) is 4.47. The van der Waals surface area contributed by atoms with Crippen molar-refractivity contribution in [2.75, 3.05) is 20.7 Å². The van der Waals surface area contributed by atoms with E-state index >= 15 is 0 Å². The molecule has 1 saturated carbocycles. The average molecular weight is 296 g/mol. The van der Waals surface area contributed by atoms with E-state index in [0.717, 1.165) is 24.1 Å². The Morgan fingerprint density at radius 3 is 2.65 bits per heavy atom. The Balaban J connectivity index is 0.00000147. The number of nitrogens with one attached hydrogen (secondary N) is 1. The van der Waals surface area contributed by atoms with E-state index in [2.05, 4.69) is 31.4 Å². The fourth-order valence-electron chi connectivity index (χ4n) is 4.47. The molecule has 0 bridgehead atoms. The number of methoxy groups -OCH3 is 1. The third kappa shape index (κ3) is 2.33. The minimum atomic E-state index is 0. The normalized spacial score (nSPS) is 27.4. The van der Waals surface area contributed by atoms with Crippen molar-refractivity contribution in [1.29, 1.82) is 0 Å². The molecule has 2 aliphatic carbocycles. The maximum Gasteiger partial charge on any atom is 0.122 e. The minimum absolute atomic E-state index is 0. The molecule has 1 fully saturated rings. The van der Waals surface area contributed by atoms with Crippen molar-refractivity contribution < 1.29 is 4.74 Å². The van der Waals surface area contributed by atoms with Crippen LogP contribution in [-0.4, -0.2) is 20.7 Å². The summed E-state index contributed by atoms with van der Waals surface area (Å²) in [4.78, 5) is 0. The monoisotopic (exact) mass is 295 g/mol. The Morgan fingerprint density at radius 2 is 1.95 bits per heavy atom. The highest BCUT2D eigenvalue weighted by atomic mass is 35.5. The van der Waals surface area contributed by atoms with Crippen molar-refractivity contribution in [3.8, 4) is 5.75 Å². The van der Waals surface area contributed by atoms with Crippen LogP contribution in [0.5, 0.6) is 5.75 Å². The number of aryl methyl sites for hydroxylation is 1. The molecule has 0 radical (unpaired) electrons. The number of hydrogen-bond donors (Lipinski definition) is 1. The Hall–Kier alpha value is -0.730. The summed E-state index contributed by atoms with van der Waals surface area (Å²) in [7, 11) is 3.88. The number of likely N-dealkylation sites (N-methyl/N-ethyl adjacent to an activating group) is 1. The van der Waals surface area contributed by atoms with Gasteiger partial charge in [-0.15, -0.1) is 12.4 Å². The van der Waals surface area contributed by atoms with Crippen LogP contribution < -0.4 is 10.1 Å². The zero-order valence-corrected chi connectivity index (χ0v) is 13.6. The molecule has 0 aromatic heterocycles. The molecule has 112 valence electrons. The van der Waals surface area contributed by atoms with Crippen molar-refractivity contribution >= 4 is 12.4 Å². The van der Waals surface area contributed by atoms with Gasteiger partial charge in [0.25, 0.3) is 0 Å². The van der Waals surface area contributed by atoms with E-state index in [1.54, 1.807) is 5.56 Å². The number of fused-ring (bicyclic) bond motifs is 3. The van der Waals surface area contributed by atoms with Gasteiger partial charge < -0.3 is 10.1 Å². The van der Waals surface area contributed by atoms with Gasteiger partial charge in [0.15, 0.2) is 0 Å². The topological polar surface area (TPSA) is 21.3 Å². The molecule has 1 aromatic carbocycles. The highest BCUT2D eigenvalue weighted by Crippen LogP contribution is 2.56. The largest absolute Gasteiger partial charge is 0.496 e. The van der Waals surface area contributed by atoms with Gasteiger partial charge in [0, 0.05) is 18.0 Å². The molecule has 3 unspecified atom stereocenters. The number of halogens is 1. The lowest BCUT2D eigenvalue weighted by atomic mass is 9.76. The molecule has 2 nitrogen and oxygen atoms in total. The van der Waals surface area contributed by atoms with Gasteiger partial charge in [-0.05, 0) is 55.8 Å². The summed E-state index contributed by atoms with van der Waals surface area (Å²) < 4.78 is 5.67. The van der Waals surface area contributed by atoms with E-state index in [-0.39, 0.29) is 12.4 Å². The molecule has 3 heteroatoms. The van der Waals surface area contributed by atoms with Crippen LogP contribution in [0.15, 0.2) is 12.1 Å². The van der Waals surface area contributed by atoms with E-state index in [0.29, 0.717) is 5.92 Å². The van der Waals surface area contributed by atoms with Gasteiger partial charge in [-0.2, -0.15) is 0 Å². The van der Waals surface area contributed by atoms with Crippen molar-refractivity contribution in [1.82, 2.24) is 5.32 Å². The highest BCUT2D eigenvalue weighted by molar-refractivity contribution is 5.85. The lowest BCUT2D eigenvalue weighted by Gasteiger charge is -2.30. The summed E-state index contributed by atoms with van der Waals surface area (Å²) in [6, 6.07) is 4.40. The number of ether oxygens (including phenoxy) is 1. The van der Waals surface area contributed by atoms with Gasteiger partial charge in [0.1, 0.15) is 5.75 Å². The molecule has 3 rings (SSSR count). The molecule has 1 aromatic rings. The number of benzene rings is 1. The predicted molar refractivity (Wildman–Crippen MR) is 86.3 cm³/mol. The van der Waals surface area contributed by atoms with Crippen molar-refractivity contribution in [3.63, 3.8) is 0 Å². The second-order valence-corrected chi connectivity index (χ2v) is 6.13. The summed E-state index contributed by atoms with van der Waals surface area (Å²) in [6.45, 7) is 3.35. The minimum Gasteiger partial charge on any atom is -0.496 e. The van der Waals surface area contributed by atoms with Gasteiger partial charge in [0.2, 0.25) is 0 Å². The molecule has 3 atom stereocenters. The fraction of sp³-hybridized carbons (Fsp3) is 0.647. The lowest BCUT2D eigenvalue weighted by Crippen LogP contribution is -2.24. The van der Waals surface area contributed by atoms with Crippen molar-refractivity contribution in [2.45, 2.75) is 44.4 Å². The molecule has 0 aliphatic heterocycles. The Kier molecular flexibility index (Phi) is 4.98. The first-order chi connectivity index (χ1) is 9.27.